The zero-order chi connectivity index (χ0) is 17.1. The summed E-state index contributed by atoms with van der Waals surface area (Å²) in [5.41, 5.74) is 1.10. The van der Waals surface area contributed by atoms with E-state index in [1.807, 2.05) is 24.3 Å². The van der Waals surface area contributed by atoms with Crippen molar-refractivity contribution in [1.29, 1.82) is 0 Å². The highest BCUT2D eigenvalue weighted by Crippen LogP contribution is 2.29. The monoisotopic (exact) mass is 340 g/mol. The number of hydrogen-bond donors (Lipinski definition) is 1. The van der Waals surface area contributed by atoms with Gasteiger partial charge in [0.15, 0.2) is 5.82 Å². The molecule has 1 N–H and O–H groups in total. The molecular formula is C19H24N4O2. The fourth-order valence-corrected chi connectivity index (χ4v) is 3.86. The zero-order valence-corrected chi connectivity index (χ0v) is 14.4. The predicted molar refractivity (Wildman–Crippen MR) is 93.1 cm³/mol. The maximum absolute atomic E-state index is 12.5. The van der Waals surface area contributed by atoms with E-state index in [0.29, 0.717) is 19.2 Å². The number of para-hydroxylation sites is 1. The van der Waals surface area contributed by atoms with Crippen LogP contribution in [0.5, 0.6) is 5.75 Å². The number of nitrogens with one attached hydrogen (secondary N) is 1. The van der Waals surface area contributed by atoms with Crippen molar-refractivity contribution in [3.05, 3.63) is 42.0 Å². The fraction of sp³-hybridized carbons (Fsp3) is 0.526. The smallest absolute Gasteiger partial charge is 0.227 e. The molecule has 0 spiro atoms. The molecule has 6 heteroatoms. The lowest BCUT2D eigenvalue weighted by Gasteiger charge is -2.25. The Morgan fingerprint density at radius 2 is 2.08 bits per heavy atom. The first-order valence-corrected chi connectivity index (χ1v) is 9.18. The number of rotatable bonds is 4. The van der Waals surface area contributed by atoms with Crippen LogP contribution in [-0.4, -0.2) is 27.3 Å². The fourth-order valence-electron chi connectivity index (χ4n) is 3.86. The Morgan fingerprint density at radius 3 is 2.96 bits per heavy atom. The molecule has 1 saturated carbocycles. The highest BCUT2D eigenvalue weighted by atomic mass is 16.5. The minimum atomic E-state index is -0.152. The molecule has 0 saturated heterocycles. The maximum atomic E-state index is 12.5. The number of ether oxygens (including phenoxy) is 1. The highest BCUT2D eigenvalue weighted by molar-refractivity contribution is 5.79. The van der Waals surface area contributed by atoms with Crippen molar-refractivity contribution in [3.63, 3.8) is 0 Å². The number of nitrogens with zero attached hydrogens (tertiary/aromatic N) is 3. The molecule has 1 fully saturated rings. The zero-order valence-electron chi connectivity index (χ0n) is 14.4. The summed E-state index contributed by atoms with van der Waals surface area (Å²) in [6, 6.07) is 8.39. The molecule has 0 bridgehead atoms. The molecule has 0 radical (unpaired) electrons. The predicted octanol–water partition coefficient (Wildman–Crippen LogP) is 2.65. The highest BCUT2D eigenvalue weighted by Gasteiger charge is 2.26. The summed E-state index contributed by atoms with van der Waals surface area (Å²) < 4.78 is 7.86. The topological polar surface area (TPSA) is 69.0 Å². The Bertz CT molecular complexity index is 737. The van der Waals surface area contributed by atoms with Crippen molar-refractivity contribution < 1.29 is 9.53 Å². The van der Waals surface area contributed by atoms with Crippen molar-refractivity contribution in [2.24, 2.45) is 5.92 Å². The minimum Gasteiger partial charge on any atom is -0.492 e. The molecule has 2 aromatic rings. The van der Waals surface area contributed by atoms with Crippen LogP contribution in [0.4, 0.5) is 0 Å². The molecule has 1 atom stereocenters. The number of carbonyl (C=O) groups is 1. The van der Waals surface area contributed by atoms with Crippen LogP contribution in [0, 0.1) is 5.92 Å². The van der Waals surface area contributed by atoms with E-state index in [1.165, 1.54) is 32.1 Å². The van der Waals surface area contributed by atoms with Crippen molar-refractivity contribution in [3.8, 4) is 5.75 Å². The van der Waals surface area contributed by atoms with E-state index < -0.39 is 0 Å². The molecule has 2 heterocycles. The van der Waals surface area contributed by atoms with Crippen LogP contribution in [0.25, 0.3) is 0 Å². The first-order chi connectivity index (χ1) is 12.3. The van der Waals surface area contributed by atoms with Gasteiger partial charge in [-0.15, -0.1) is 10.2 Å². The van der Waals surface area contributed by atoms with E-state index in [1.54, 1.807) is 6.33 Å². The van der Waals surface area contributed by atoms with Crippen LogP contribution in [0.1, 0.15) is 49.5 Å². The number of hydrogen-bond acceptors (Lipinski definition) is 4. The van der Waals surface area contributed by atoms with E-state index in [2.05, 4.69) is 20.1 Å². The first-order valence-electron chi connectivity index (χ1n) is 9.18. The van der Waals surface area contributed by atoms with Gasteiger partial charge in [-0.3, -0.25) is 4.79 Å². The van der Waals surface area contributed by atoms with Crippen LogP contribution < -0.4 is 10.1 Å². The Labute approximate surface area is 147 Å². The Morgan fingerprint density at radius 1 is 1.24 bits per heavy atom. The molecule has 1 amide bonds. The lowest BCUT2D eigenvalue weighted by Crippen LogP contribution is -2.37. The third-order valence-corrected chi connectivity index (χ3v) is 5.29. The standard InChI is InChI=1S/C19H24N4O2/c24-19(15-10-14-6-4-5-9-17(14)25-12-15)20-11-18-22-21-13-23(18)16-7-2-1-3-8-16/h4-6,9,13,15-16H,1-3,7-8,10-12H2,(H,20,24)/t15-/m0/s1. The molecule has 1 aliphatic carbocycles. The van der Waals surface area contributed by atoms with Crippen molar-refractivity contribution >= 4 is 5.91 Å². The van der Waals surface area contributed by atoms with E-state index >= 15 is 0 Å². The largest absolute Gasteiger partial charge is 0.492 e. The Hall–Kier alpha value is -2.37. The Kier molecular flexibility index (Phi) is 4.68. The van der Waals surface area contributed by atoms with Crippen molar-refractivity contribution in [2.75, 3.05) is 6.61 Å². The first kappa shape index (κ1) is 16.1. The molecule has 2 aliphatic rings. The third kappa shape index (κ3) is 3.52. The van der Waals surface area contributed by atoms with Crippen molar-refractivity contribution in [2.45, 2.75) is 51.1 Å². The van der Waals surface area contributed by atoms with Gasteiger partial charge in [0.05, 0.1) is 12.5 Å². The lowest BCUT2D eigenvalue weighted by molar-refractivity contribution is -0.126. The van der Waals surface area contributed by atoms with Gasteiger partial charge in [-0.25, -0.2) is 0 Å². The van der Waals surface area contributed by atoms with E-state index in [9.17, 15) is 4.79 Å². The third-order valence-electron chi connectivity index (χ3n) is 5.29. The van der Waals surface area contributed by atoms with E-state index in [0.717, 1.165) is 23.6 Å². The average Bonchev–Trinajstić information content (AvgIpc) is 3.15. The molecule has 0 unspecified atom stereocenters. The lowest BCUT2D eigenvalue weighted by atomic mass is 9.95. The molecule has 6 nitrogen and oxygen atoms in total. The second kappa shape index (κ2) is 7.25. The van der Waals surface area contributed by atoms with Crippen LogP contribution >= 0.6 is 0 Å². The maximum Gasteiger partial charge on any atom is 0.227 e. The summed E-state index contributed by atoms with van der Waals surface area (Å²) in [7, 11) is 0. The SMILES string of the molecule is O=C(NCc1nncn1C1CCCCC1)[C@@H]1COc2ccccc2C1. The molecule has 1 aromatic carbocycles. The molecule has 25 heavy (non-hydrogen) atoms. The second-order valence-corrected chi connectivity index (χ2v) is 6.98. The van der Waals surface area contributed by atoms with Crippen LogP contribution in [-0.2, 0) is 17.8 Å². The molecular weight excluding hydrogens is 316 g/mol. The van der Waals surface area contributed by atoms with Gasteiger partial charge in [0.2, 0.25) is 5.91 Å². The molecule has 1 aliphatic heterocycles. The minimum absolute atomic E-state index is 0.0210. The Balaban J connectivity index is 1.36. The van der Waals surface area contributed by atoms with E-state index in [4.69, 9.17) is 4.74 Å². The summed E-state index contributed by atoms with van der Waals surface area (Å²) in [5, 5.41) is 11.3. The number of benzene rings is 1. The quantitative estimate of drug-likeness (QED) is 0.929. The number of aromatic nitrogens is 3. The van der Waals surface area contributed by atoms with Gasteiger partial charge < -0.3 is 14.6 Å². The second-order valence-electron chi connectivity index (χ2n) is 6.98. The molecule has 132 valence electrons. The number of fused-ring (bicyclic) bond motifs is 1. The summed E-state index contributed by atoms with van der Waals surface area (Å²) in [6.45, 7) is 0.853. The summed E-state index contributed by atoms with van der Waals surface area (Å²) in [5.74, 6) is 1.61. The van der Waals surface area contributed by atoms with Crippen LogP contribution in [0.15, 0.2) is 30.6 Å². The van der Waals surface area contributed by atoms with Gasteiger partial charge >= 0.3 is 0 Å². The summed E-state index contributed by atoms with van der Waals surface area (Å²) in [4.78, 5) is 12.5. The number of carbonyl (C=O) groups excluding carboxylic acids is 1. The van der Waals surface area contributed by atoms with Gasteiger partial charge in [0.1, 0.15) is 18.7 Å². The molecule has 1 aromatic heterocycles. The van der Waals surface area contributed by atoms with Gasteiger partial charge in [0.25, 0.3) is 0 Å². The van der Waals surface area contributed by atoms with E-state index in [-0.39, 0.29) is 11.8 Å². The van der Waals surface area contributed by atoms with Crippen LogP contribution in [0.3, 0.4) is 0 Å². The van der Waals surface area contributed by atoms with Gasteiger partial charge in [-0.05, 0) is 30.9 Å². The normalized spacial score (nSPS) is 20.6. The summed E-state index contributed by atoms with van der Waals surface area (Å²) >= 11 is 0. The van der Waals surface area contributed by atoms with Gasteiger partial charge in [-0.1, -0.05) is 37.5 Å². The average molecular weight is 340 g/mol. The summed E-state index contributed by atoms with van der Waals surface area (Å²) in [6.07, 6.45) is 8.70. The van der Waals surface area contributed by atoms with Crippen LogP contribution in [0.2, 0.25) is 0 Å². The van der Waals surface area contributed by atoms with Gasteiger partial charge in [-0.2, -0.15) is 0 Å². The van der Waals surface area contributed by atoms with Gasteiger partial charge in [0, 0.05) is 6.04 Å². The number of amides is 1. The molecule has 4 rings (SSSR count). The van der Waals surface area contributed by atoms with Crippen molar-refractivity contribution in [1.82, 2.24) is 20.1 Å².